The third kappa shape index (κ3) is 2.09. The summed E-state index contributed by atoms with van der Waals surface area (Å²) in [6, 6.07) is -0.473. The van der Waals surface area contributed by atoms with Crippen molar-refractivity contribution in [2.75, 3.05) is 19.8 Å². The van der Waals surface area contributed by atoms with E-state index in [0.717, 1.165) is 5.06 Å². The molecule has 2 fully saturated rings. The molecule has 1 N–H and O–H groups in total. The van der Waals surface area contributed by atoms with Crippen molar-refractivity contribution in [2.24, 2.45) is 5.92 Å². The molecule has 0 radical (unpaired) electrons. The zero-order chi connectivity index (χ0) is 10.8. The summed E-state index contributed by atoms with van der Waals surface area (Å²) in [5.41, 5.74) is 0. The standard InChI is InChI=1S/C10H15NO4/c12-8-2-1-3-9(13)10(8)7-6-15-5-4-11(7)14/h7,10,14H,1-6H2. The molecule has 0 amide bonds. The summed E-state index contributed by atoms with van der Waals surface area (Å²) in [4.78, 5) is 23.3. The maximum atomic E-state index is 11.6. The fourth-order valence-electron chi connectivity index (χ4n) is 2.24. The first-order valence-corrected chi connectivity index (χ1v) is 5.29. The predicted octanol–water partition coefficient (Wildman–Crippen LogP) is 0.0147. The van der Waals surface area contributed by atoms with Gasteiger partial charge in [0.1, 0.15) is 11.6 Å². The minimum absolute atomic E-state index is 0.0548. The van der Waals surface area contributed by atoms with Gasteiger partial charge >= 0.3 is 0 Å². The Hall–Kier alpha value is -0.780. The molecule has 0 bridgehead atoms. The minimum atomic E-state index is -0.677. The first-order valence-electron chi connectivity index (χ1n) is 5.29. The average Bonchev–Trinajstić information content (AvgIpc) is 2.20. The second-order valence-corrected chi connectivity index (χ2v) is 4.07. The van der Waals surface area contributed by atoms with Crippen LogP contribution in [0, 0.1) is 5.92 Å². The Labute approximate surface area is 88.0 Å². The molecular weight excluding hydrogens is 198 g/mol. The summed E-state index contributed by atoms with van der Waals surface area (Å²) in [5, 5.41) is 10.7. The maximum absolute atomic E-state index is 11.6. The Morgan fingerprint density at radius 3 is 2.53 bits per heavy atom. The van der Waals surface area contributed by atoms with Crippen molar-refractivity contribution in [3.8, 4) is 0 Å². The van der Waals surface area contributed by atoms with Gasteiger partial charge in [-0.25, -0.2) is 0 Å². The smallest absolute Gasteiger partial charge is 0.145 e. The summed E-state index contributed by atoms with van der Waals surface area (Å²) >= 11 is 0. The fraction of sp³-hybridized carbons (Fsp3) is 0.800. The SMILES string of the molecule is O=C1CCCC(=O)C1C1COCCN1O. The van der Waals surface area contributed by atoms with Crippen LogP contribution in [-0.2, 0) is 14.3 Å². The zero-order valence-electron chi connectivity index (χ0n) is 8.52. The first kappa shape index (κ1) is 10.7. The molecule has 0 aromatic heterocycles. The number of Topliss-reactive ketones (excluding diaryl/α,β-unsaturated/α-hetero) is 2. The number of hydrogen-bond donors (Lipinski definition) is 1. The normalized spacial score (nSPS) is 30.9. The van der Waals surface area contributed by atoms with Crippen molar-refractivity contribution < 1.29 is 19.5 Å². The monoisotopic (exact) mass is 213 g/mol. The number of ether oxygens (including phenoxy) is 1. The number of nitrogens with zero attached hydrogens (tertiary/aromatic N) is 1. The molecule has 5 heteroatoms. The van der Waals surface area contributed by atoms with Crippen molar-refractivity contribution in [3.05, 3.63) is 0 Å². The summed E-state index contributed by atoms with van der Waals surface area (Å²) in [6.07, 6.45) is 1.54. The van der Waals surface area contributed by atoms with Gasteiger partial charge in [0.2, 0.25) is 0 Å². The van der Waals surface area contributed by atoms with Crippen LogP contribution >= 0.6 is 0 Å². The predicted molar refractivity (Wildman–Crippen MR) is 50.5 cm³/mol. The Morgan fingerprint density at radius 1 is 1.27 bits per heavy atom. The van der Waals surface area contributed by atoms with Crippen molar-refractivity contribution in [1.82, 2.24) is 5.06 Å². The van der Waals surface area contributed by atoms with Crippen LogP contribution in [0.15, 0.2) is 0 Å². The summed E-state index contributed by atoms with van der Waals surface area (Å²) in [7, 11) is 0. The van der Waals surface area contributed by atoms with Crippen molar-refractivity contribution in [3.63, 3.8) is 0 Å². The molecule has 0 spiro atoms. The molecule has 1 heterocycles. The van der Waals surface area contributed by atoms with E-state index in [1.54, 1.807) is 0 Å². The molecule has 1 saturated carbocycles. The molecule has 1 aliphatic carbocycles. The van der Waals surface area contributed by atoms with Gasteiger partial charge in [0.15, 0.2) is 0 Å². The Kier molecular flexibility index (Phi) is 3.14. The highest BCUT2D eigenvalue weighted by Gasteiger charge is 2.40. The van der Waals surface area contributed by atoms with Gasteiger partial charge in [-0.15, -0.1) is 0 Å². The van der Waals surface area contributed by atoms with Gasteiger partial charge in [0, 0.05) is 19.4 Å². The molecule has 1 aliphatic heterocycles. The second-order valence-electron chi connectivity index (χ2n) is 4.07. The van der Waals surface area contributed by atoms with Crippen molar-refractivity contribution in [2.45, 2.75) is 25.3 Å². The van der Waals surface area contributed by atoms with Gasteiger partial charge in [-0.1, -0.05) is 0 Å². The maximum Gasteiger partial charge on any atom is 0.145 e. The van der Waals surface area contributed by atoms with Crippen LogP contribution in [0.25, 0.3) is 0 Å². The number of rotatable bonds is 1. The molecule has 2 rings (SSSR count). The lowest BCUT2D eigenvalue weighted by atomic mass is 9.81. The van der Waals surface area contributed by atoms with Crippen LogP contribution in [0.5, 0.6) is 0 Å². The molecule has 1 unspecified atom stereocenters. The van der Waals surface area contributed by atoms with Crippen molar-refractivity contribution >= 4 is 11.6 Å². The quantitative estimate of drug-likeness (QED) is 0.622. The van der Waals surface area contributed by atoms with E-state index in [2.05, 4.69) is 0 Å². The highest BCUT2D eigenvalue weighted by atomic mass is 16.5. The number of ketones is 2. The Balaban J connectivity index is 2.12. The van der Waals surface area contributed by atoms with Gasteiger partial charge in [-0.3, -0.25) is 9.59 Å². The third-order valence-corrected chi connectivity index (χ3v) is 3.06. The van der Waals surface area contributed by atoms with Crippen LogP contribution in [0.2, 0.25) is 0 Å². The minimum Gasteiger partial charge on any atom is -0.378 e. The van der Waals surface area contributed by atoms with Crippen LogP contribution in [0.3, 0.4) is 0 Å². The van der Waals surface area contributed by atoms with Gasteiger partial charge in [0.05, 0.1) is 25.2 Å². The number of hydrogen-bond acceptors (Lipinski definition) is 5. The van der Waals surface area contributed by atoms with Crippen LogP contribution in [0.4, 0.5) is 0 Å². The van der Waals surface area contributed by atoms with Crippen LogP contribution < -0.4 is 0 Å². The molecule has 2 aliphatic rings. The number of carbonyl (C=O) groups excluding carboxylic acids is 2. The van der Waals surface area contributed by atoms with E-state index >= 15 is 0 Å². The highest BCUT2D eigenvalue weighted by Crippen LogP contribution is 2.24. The number of carbonyl (C=O) groups is 2. The lowest BCUT2D eigenvalue weighted by molar-refractivity contribution is -0.197. The largest absolute Gasteiger partial charge is 0.378 e. The first-order chi connectivity index (χ1) is 7.20. The Morgan fingerprint density at radius 2 is 1.93 bits per heavy atom. The summed E-state index contributed by atoms with van der Waals surface area (Å²) < 4.78 is 5.20. The van der Waals surface area contributed by atoms with E-state index in [-0.39, 0.29) is 18.2 Å². The van der Waals surface area contributed by atoms with Gasteiger partial charge < -0.3 is 9.94 Å². The zero-order valence-corrected chi connectivity index (χ0v) is 8.52. The average molecular weight is 213 g/mol. The van der Waals surface area contributed by atoms with Crippen LogP contribution in [-0.4, -0.2) is 47.6 Å². The fourth-order valence-corrected chi connectivity index (χ4v) is 2.24. The molecule has 1 atom stereocenters. The van der Waals surface area contributed by atoms with Crippen LogP contribution in [0.1, 0.15) is 19.3 Å². The number of hydroxylamine groups is 2. The van der Waals surface area contributed by atoms with Gasteiger partial charge in [0.25, 0.3) is 0 Å². The highest BCUT2D eigenvalue weighted by molar-refractivity contribution is 6.05. The van der Waals surface area contributed by atoms with E-state index in [9.17, 15) is 14.8 Å². The third-order valence-electron chi connectivity index (χ3n) is 3.06. The second kappa shape index (κ2) is 4.38. The molecule has 0 aromatic rings. The van der Waals surface area contributed by atoms with E-state index in [4.69, 9.17) is 4.74 Å². The topological polar surface area (TPSA) is 66.8 Å². The Bertz CT molecular complexity index is 263. The van der Waals surface area contributed by atoms with E-state index < -0.39 is 12.0 Å². The van der Waals surface area contributed by atoms with Crippen molar-refractivity contribution in [1.29, 1.82) is 0 Å². The summed E-state index contributed by atoms with van der Waals surface area (Å²) in [6.45, 7) is 1.07. The molecule has 5 nitrogen and oxygen atoms in total. The lowest BCUT2D eigenvalue weighted by Crippen LogP contribution is -2.53. The molecular formula is C10H15NO4. The van der Waals surface area contributed by atoms with E-state index in [0.29, 0.717) is 32.4 Å². The lowest BCUT2D eigenvalue weighted by Gasteiger charge is -2.36. The van der Waals surface area contributed by atoms with Gasteiger partial charge in [-0.2, -0.15) is 5.06 Å². The van der Waals surface area contributed by atoms with E-state index in [1.807, 2.05) is 0 Å². The molecule has 0 aromatic carbocycles. The summed E-state index contributed by atoms with van der Waals surface area (Å²) in [5.74, 6) is -0.786. The molecule has 84 valence electrons. The molecule has 1 saturated heterocycles. The molecule has 15 heavy (non-hydrogen) atoms. The number of morpholine rings is 1. The van der Waals surface area contributed by atoms with E-state index in [1.165, 1.54) is 0 Å². The van der Waals surface area contributed by atoms with Gasteiger partial charge in [-0.05, 0) is 6.42 Å².